The van der Waals surface area contributed by atoms with Gasteiger partial charge in [0.2, 0.25) is 0 Å². The fraction of sp³-hybridized carbons (Fsp3) is 0.348. The largest absolute Gasteiger partial charge is 0.490 e. The molecule has 1 saturated heterocycles. The molecule has 1 aliphatic rings. The van der Waals surface area contributed by atoms with Crippen molar-refractivity contribution < 1.29 is 9.53 Å². The highest BCUT2D eigenvalue weighted by Crippen LogP contribution is 2.21. The van der Waals surface area contributed by atoms with E-state index in [1.807, 2.05) is 49.0 Å². The molecule has 0 saturated carbocycles. The van der Waals surface area contributed by atoms with E-state index in [-0.39, 0.29) is 12.0 Å². The third-order valence-corrected chi connectivity index (χ3v) is 6.12. The van der Waals surface area contributed by atoms with Gasteiger partial charge in [0.15, 0.2) is 0 Å². The molecule has 7 heteroatoms. The molecule has 1 aliphatic heterocycles. The van der Waals surface area contributed by atoms with E-state index < -0.39 is 0 Å². The molecule has 2 aromatic heterocycles. The Kier molecular flexibility index (Phi) is 6.71. The zero-order chi connectivity index (χ0) is 20.8. The molecule has 0 atom stereocenters. The van der Waals surface area contributed by atoms with E-state index in [0.717, 1.165) is 48.9 Å². The fourth-order valence-electron chi connectivity index (χ4n) is 3.58. The third kappa shape index (κ3) is 5.64. The number of ether oxygens (including phenoxy) is 1. The van der Waals surface area contributed by atoms with Crippen molar-refractivity contribution in [3.8, 4) is 5.75 Å². The van der Waals surface area contributed by atoms with Gasteiger partial charge in [-0.05, 0) is 55.7 Å². The van der Waals surface area contributed by atoms with Crippen LogP contribution in [0.4, 0.5) is 0 Å². The minimum atomic E-state index is -0.111. The Bertz CT molecular complexity index is 968. The molecule has 30 heavy (non-hydrogen) atoms. The summed E-state index contributed by atoms with van der Waals surface area (Å²) in [5.41, 5.74) is 2.87. The summed E-state index contributed by atoms with van der Waals surface area (Å²) < 4.78 is 6.18. The number of nitrogens with one attached hydrogen (secondary N) is 1. The van der Waals surface area contributed by atoms with Crippen LogP contribution in [0.3, 0.4) is 0 Å². The van der Waals surface area contributed by atoms with Crippen LogP contribution < -0.4 is 10.1 Å². The lowest BCUT2D eigenvalue weighted by atomic mass is 10.1. The smallest absolute Gasteiger partial charge is 0.251 e. The molecular formula is C23H26N4O2S. The average molecular weight is 423 g/mol. The number of hydrogen-bond donors (Lipinski definition) is 1. The van der Waals surface area contributed by atoms with E-state index in [4.69, 9.17) is 4.74 Å². The molecule has 1 N–H and O–H groups in total. The predicted molar refractivity (Wildman–Crippen MR) is 118 cm³/mol. The van der Waals surface area contributed by atoms with E-state index >= 15 is 0 Å². The van der Waals surface area contributed by atoms with Gasteiger partial charge in [-0.2, -0.15) is 0 Å². The highest BCUT2D eigenvalue weighted by Gasteiger charge is 2.21. The number of rotatable bonds is 7. The summed E-state index contributed by atoms with van der Waals surface area (Å²) in [6.07, 6.45) is 5.81. The Labute approximate surface area is 180 Å². The van der Waals surface area contributed by atoms with Crippen LogP contribution >= 0.6 is 11.3 Å². The van der Waals surface area contributed by atoms with Crippen molar-refractivity contribution in [3.63, 3.8) is 0 Å². The number of aryl methyl sites for hydroxylation is 1. The van der Waals surface area contributed by atoms with Gasteiger partial charge in [-0.3, -0.25) is 14.7 Å². The second-order valence-corrected chi connectivity index (χ2v) is 8.48. The molecule has 3 aromatic rings. The first kappa shape index (κ1) is 20.5. The maximum absolute atomic E-state index is 12.5. The van der Waals surface area contributed by atoms with Crippen LogP contribution in [0.2, 0.25) is 0 Å². The molecule has 0 unspecified atom stereocenters. The van der Waals surface area contributed by atoms with Gasteiger partial charge >= 0.3 is 0 Å². The van der Waals surface area contributed by atoms with Crippen LogP contribution in [0.25, 0.3) is 0 Å². The van der Waals surface area contributed by atoms with Crippen molar-refractivity contribution in [1.29, 1.82) is 0 Å². The van der Waals surface area contributed by atoms with Crippen molar-refractivity contribution >= 4 is 17.2 Å². The Morgan fingerprint density at radius 2 is 2.03 bits per heavy atom. The van der Waals surface area contributed by atoms with E-state index in [1.54, 1.807) is 11.3 Å². The first-order chi connectivity index (χ1) is 14.7. The molecule has 0 bridgehead atoms. The number of piperidine rings is 1. The zero-order valence-electron chi connectivity index (χ0n) is 17.1. The number of benzene rings is 1. The van der Waals surface area contributed by atoms with Crippen molar-refractivity contribution in [1.82, 2.24) is 20.2 Å². The zero-order valence-corrected chi connectivity index (χ0v) is 17.9. The van der Waals surface area contributed by atoms with E-state index in [9.17, 15) is 4.79 Å². The normalized spacial score (nSPS) is 15.1. The highest BCUT2D eigenvalue weighted by molar-refractivity contribution is 7.09. The first-order valence-electron chi connectivity index (χ1n) is 10.2. The number of amides is 1. The minimum absolute atomic E-state index is 0.111. The highest BCUT2D eigenvalue weighted by atomic mass is 32.1. The molecule has 0 spiro atoms. The van der Waals surface area contributed by atoms with E-state index in [2.05, 4.69) is 32.3 Å². The Morgan fingerprint density at radius 3 is 2.77 bits per heavy atom. The first-order valence-corrected chi connectivity index (χ1v) is 11.1. The van der Waals surface area contributed by atoms with Crippen LogP contribution in [0.15, 0.2) is 54.2 Å². The van der Waals surface area contributed by atoms with Gasteiger partial charge in [0, 0.05) is 48.7 Å². The van der Waals surface area contributed by atoms with Gasteiger partial charge < -0.3 is 10.1 Å². The summed E-state index contributed by atoms with van der Waals surface area (Å²) in [4.78, 5) is 23.4. The Hall–Kier alpha value is -2.77. The molecule has 3 heterocycles. The lowest BCUT2D eigenvalue weighted by Crippen LogP contribution is -2.37. The second-order valence-electron chi connectivity index (χ2n) is 7.54. The van der Waals surface area contributed by atoms with Crippen molar-refractivity contribution in [2.24, 2.45) is 0 Å². The number of carbonyl (C=O) groups excluding carboxylic acids is 1. The van der Waals surface area contributed by atoms with Gasteiger partial charge in [0.05, 0.1) is 6.54 Å². The molecule has 0 aliphatic carbocycles. The number of carbonyl (C=O) groups is 1. The van der Waals surface area contributed by atoms with E-state index in [1.165, 1.54) is 5.56 Å². The van der Waals surface area contributed by atoms with Crippen LogP contribution in [0.5, 0.6) is 5.75 Å². The number of nitrogens with zero attached hydrogens (tertiary/aromatic N) is 3. The lowest BCUT2D eigenvalue weighted by Gasteiger charge is -2.32. The molecule has 1 aromatic carbocycles. The molecule has 156 valence electrons. The maximum Gasteiger partial charge on any atom is 0.251 e. The second kappa shape index (κ2) is 9.82. The topological polar surface area (TPSA) is 67.3 Å². The minimum Gasteiger partial charge on any atom is -0.490 e. The standard InChI is InChI=1S/C23H26N4O2S/c1-17-16-30-22(26-17)14-25-23(28)19-3-2-4-21(13-19)29-20-7-11-27(12-8-20)15-18-5-9-24-10-6-18/h2-6,9-10,13,16,20H,7-8,11-12,14-15H2,1H3,(H,25,28). The molecule has 1 amide bonds. The average Bonchev–Trinajstić information content (AvgIpc) is 3.19. The van der Waals surface area contributed by atoms with Gasteiger partial charge in [-0.25, -0.2) is 4.98 Å². The number of likely N-dealkylation sites (tertiary alicyclic amines) is 1. The molecular weight excluding hydrogens is 396 g/mol. The molecule has 6 nitrogen and oxygen atoms in total. The summed E-state index contributed by atoms with van der Waals surface area (Å²) >= 11 is 1.56. The van der Waals surface area contributed by atoms with Crippen LogP contribution in [0, 0.1) is 6.92 Å². The number of hydrogen-bond acceptors (Lipinski definition) is 6. The molecule has 1 fully saturated rings. The van der Waals surface area contributed by atoms with Gasteiger partial charge in [0.25, 0.3) is 5.91 Å². The number of aromatic nitrogens is 2. The van der Waals surface area contributed by atoms with Gasteiger partial charge in [0.1, 0.15) is 16.9 Å². The summed E-state index contributed by atoms with van der Waals surface area (Å²) in [6.45, 7) is 5.34. The molecule has 4 rings (SSSR count). The summed E-state index contributed by atoms with van der Waals surface area (Å²) in [5, 5.41) is 5.82. The van der Waals surface area contributed by atoms with Crippen molar-refractivity contribution in [3.05, 3.63) is 76.0 Å². The fourth-order valence-corrected chi connectivity index (χ4v) is 4.29. The van der Waals surface area contributed by atoms with Crippen LogP contribution in [-0.2, 0) is 13.1 Å². The third-order valence-electron chi connectivity index (χ3n) is 5.16. The summed E-state index contributed by atoms with van der Waals surface area (Å²) in [7, 11) is 0. The monoisotopic (exact) mass is 422 g/mol. The van der Waals surface area contributed by atoms with Crippen LogP contribution in [0.1, 0.15) is 39.5 Å². The Morgan fingerprint density at radius 1 is 1.23 bits per heavy atom. The van der Waals surface area contributed by atoms with Crippen molar-refractivity contribution in [2.45, 2.75) is 39.0 Å². The SMILES string of the molecule is Cc1csc(CNC(=O)c2cccc(OC3CCN(Cc4ccncc4)CC3)c2)n1. The van der Waals surface area contributed by atoms with Crippen molar-refractivity contribution in [2.75, 3.05) is 13.1 Å². The van der Waals surface area contributed by atoms with Gasteiger partial charge in [-0.15, -0.1) is 11.3 Å². The quantitative estimate of drug-likeness (QED) is 0.627. The van der Waals surface area contributed by atoms with Crippen LogP contribution in [-0.4, -0.2) is 40.0 Å². The molecule has 0 radical (unpaired) electrons. The Balaban J connectivity index is 1.26. The predicted octanol–water partition coefficient (Wildman–Crippen LogP) is 3.82. The lowest BCUT2D eigenvalue weighted by molar-refractivity contribution is 0.0934. The number of pyridine rings is 1. The van der Waals surface area contributed by atoms with Gasteiger partial charge in [-0.1, -0.05) is 6.07 Å². The summed E-state index contributed by atoms with van der Waals surface area (Å²) in [5.74, 6) is 0.640. The maximum atomic E-state index is 12.5. The number of thiazole rings is 1. The summed E-state index contributed by atoms with van der Waals surface area (Å²) in [6, 6.07) is 11.6. The van der Waals surface area contributed by atoms with E-state index in [0.29, 0.717) is 12.1 Å².